The predicted molar refractivity (Wildman–Crippen MR) is 93.3 cm³/mol. The van der Waals surface area contributed by atoms with Crippen LogP contribution in [0.3, 0.4) is 0 Å². The van der Waals surface area contributed by atoms with Gasteiger partial charge in [0.25, 0.3) is 0 Å². The molecule has 2 aromatic carbocycles. The maximum atomic E-state index is 12.9. The van der Waals surface area contributed by atoms with Crippen molar-refractivity contribution in [2.24, 2.45) is 0 Å². The van der Waals surface area contributed by atoms with Gasteiger partial charge < -0.3 is 10.1 Å². The second-order valence-corrected chi connectivity index (χ2v) is 8.16. The standard InChI is InChI=1S/C18H21FN2O3S/c1-25(22,23)16-8-4-14(5-9-16)17-10-20-11-18(21-17)24-12-13-2-6-15(19)7-3-13/h2-9,17-18,20-21H,10-12H2,1H3. The zero-order chi connectivity index (χ0) is 17.9. The second kappa shape index (κ2) is 7.61. The van der Waals surface area contributed by atoms with E-state index in [1.807, 2.05) is 12.1 Å². The SMILES string of the molecule is CS(=O)(=O)c1ccc(C2CNCC(OCc3ccc(F)cc3)N2)cc1. The number of benzene rings is 2. The van der Waals surface area contributed by atoms with Gasteiger partial charge in [0.2, 0.25) is 0 Å². The Bertz CT molecular complexity index is 807. The summed E-state index contributed by atoms with van der Waals surface area (Å²) in [7, 11) is -3.19. The normalized spacial score (nSPS) is 21.2. The molecule has 2 atom stereocenters. The third-order valence-corrected chi connectivity index (χ3v) is 5.27. The van der Waals surface area contributed by atoms with E-state index in [1.165, 1.54) is 18.4 Å². The number of piperazine rings is 1. The first-order valence-corrected chi connectivity index (χ1v) is 9.94. The fourth-order valence-corrected chi connectivity index (χ4v) is 3.38. The summed E-state index contributed by atoms with van der Waals surface area (Å²) in [5.74, 6) is -0.265. The van der Waals surface area contributed by atoms with E-state index in [0.29, 0.717) is 18.0 Å². The molecule has 7 heteroatoms. The zero-order valence-electron chi connectivity index (χ0n) is 13.9. The van der Waals surface area contributed by atoms with Crippen LogP contribution in [0.1, 0.15) is 17.2 Å². The van der Waals surface area contributed by atoms with Gasteiger partial charge in [0.1, 0.15) is 12.0 Å². The molecule has 2 unspecified atom stereocenters. The van der Waals surface area contributed by atoms with Crippen LogP contribution in [0, 0.1) is 5.82 Å². The summed E-state index contributed by atoms with van der Waals surface area (Å²) in [6.07, 6.45) is 1.01. The highest BCUT2D eigenvalue weighted by Crippen LogP contribution is 2.19. The molecule has 0 bridgehead atoms. The molecule has 2 N–H and O–H groups in total. The van der Waals surface area contributed by atoms with Gasteiger partial charge in [0.15, 0.2) is 9.84 Å². The first-order chi connectivity index (χ1) is 11.9. The lowest BCUT2D eigenvalue weighted by Crippen LogP contribution is -2.51. The van der Waals surface area contributed by atoms with E-state index in [-0.39, 0.29) is 18.1 Å². The molecule has 25 heavy (non-hydrogen) atoms. The van der Waals surface area contributed by atoms with Crippen molar-refractivity contribution in [3.05, 3.63) is 65.5 Å². The van der Waals surface area contributed by atoms with Crippen molar-refractivity contribution in [1.29, 1.82) is 0 Å². The molecule has 1 heterocycles. The lowest BCUT2D eigenvalue weighted by Gasteiger charge is -2.32. The van der Waals surface area contributed by atoms with Crippen LogP contribution in [0.15, 0.2) is 53.4 Å². The number of rotatable bonds is 5. The average Bonchev–Trinajstić information content (AvgIpc) is 2.61. The average molecular weight is 364 g/mol. The molecule has 3 rings (SSSR count). The molecule has 0 aromatic heterocycles. The second-order valence-electron chi connectivity index (χ2n) is 6.14. The Morgan fingerprint density at radius 2 is 1.76 bits per heavy atom. The van der Waals surface area contributed by atoms with Crippen LogP contribution in [0.4, 0.5) is 4.39 Å². The lowest BCUT2D eigenvalue weighted by atomic mass is 10.1. The van der Waals surface area contributed by atoms with Crippen LogP contribution < -0.4 is 10.6 Å². The third kappa shape index (κ3) is 4.85. The Labute approximate surface area is 147 Å². The van der Waals surface area contributed by atoms with Crippen molar-refractivity contribution < 1.29 is 17.5 Å². The van der Waals surface area contributed by atoms with Crippen LogP contribution >= 0.6 is 0 Å². The number of nitrogens with one attached hydrogen (secondary N) is 2. The summed E-state index contributed by atoms with van der Waals surface area (Å²) in [5.41, 5.74) is 1.90. The third-order valence-electron chi connectivity index (χ3n) is 4.14. The van der Waals surface area contributed by atoms with Crippen molar-refractivity contribution in [3.8, 4) is 0 Å². The van der Waals surface area contributed by atoms with Crippen molar-refractivity contribution in [2.45, 2.75) is 23.8 Å². The summed E-state index contributed by atoms with van der Waals surface area (Å²) in [6.45, 7) is 1.78. The Morgan fingerprint density at radius 3 is 2.40 bits per heavy atom. The van der Waals surface area contributed by atoms with Crippen molar-refractivity contribution in [1.82, 2.24) is 10.6 Å². The van der Waals surface area contributed by atoms with E-state index in [1.54, 1.807) is 24.3 Å². The predicted octanol–water partition coefficient (Wildman–Crippen LogP) is 2.01. The number of hydrogen-bond donors (Lipinski definition) is 2. The van der Waals surface area contributed by atoms with Gasteiger partial charge >= 0.3 is 0 Å². The molecule has 0 radical (unpaired) electrons. The smallest absolute Gasteiger partial charge is 0.175 e. The van der Waals surface area contributed by atoms with E-state index >= 15 is 0 Å². The van der Waals surface area contributed by atoms with Gasteiger partial charge in [-0.25, -0.2) is 12.8 Å². The molecular weight excluding hydrogens is 343 g/mol. The maximum absolute atomic E-state index is 12.9. The first-order valence-electron chi connectivity index (χ1n) is 8.04. The van der Waals surface area contributed by atoms with Crippen molar-refractivity contribution in [2.75, 3.05) is 19.3 Å². The Hall–Kier alpha value is -1.80. The number of ether oxygens (including phenoxy) is 1. The monoisotopic (exact) mass is 364 g/mol. The quantitative estimate of drug-likeness (QED) is 0.850. The molecule has 1 aliphatic rings. The highest BCUT2D eigenvalue weighted by Gasteiger charge is 2.22. The molecule has 0 spiro atoms. The fourth-order valence-electron chi connectivity index (χ4n) is 2.75. The molecule has 5 nitrogen and oxygen atoms in total. The molecule has 1 saturated heterocycles. The number of halogens is 1. The van der Waals surface area contributed by atoms with Crippen LogP contribution in [0.2, 0.25) is 0 Å². The summed E-state index contributed by atoms with van der Waals surface area (Å²) in [4.78, 5) is 0.309. The molecule has 1 aliphatic heterocycles. The zero-order valence-corrected chi connectivity index (χ0v) is 14.7. The van der Waals surface area contributed by atoms with E-state index in [0.717, 1.165) is 17.7 Å². The topological polar surface area (TPSA) is 67.4 Å². The fraction of sp³-hybridized carbons (Fsp3) is 0.333. The molecule has 0 saturated carbocycles. The Kier molecular flexibility index (Phi) is 5.48. The minimum atomic E-state index is -3.19. The van der Waals surface area contributed by atoms with Gasteiger partial charge in [0.05, 0.1) is 11.5 Å². The minimum Gasteiger partial charge on any atom is -0.357 e. The molecule has 0 aliphatic carbocycles. The summed E-state index contributed by atoms with van der Waals surface area (Å²) < 4.78 is 41.9. The molecule has 0 amide bonds. The van der Waals surface area contributed by atoms with Gasteiger partial charge in [0, 0.05) is 25.4 Å². The van der Waals surface area contributed by atoms with Crippen LogP contribution in [0.5, 0.6) is 0 Å². The van der Waals surface area contributed by atoms with Crippen LogP contribution in [0.25, 0.3) is 0 Å². The lowest BCUT2D eigenvalue weighted by molar-refractivity contribution is -0.00207. The van der Waals surface area contributed by atoms with Crippen LogP contribution in [-0.2, 0) is 21.2 Å². The van der Waals surface area contributed by atoms with Crippen molar-refractivity contribution >= 4 is 9.84 Å². The summed E-state index contributed by atoms with van der Waals surface area (Å²) in [6, 6.07) is 13.1. The molecule has 134 valence electrons. The Balaban J connectivity index is 1.60. The molecule has 2 aromatic rings. The highest BCUT2D eigenvalue weighted by atomic mass is 32.2. The maximum Gasteiger partial charge on any atom is 0.175 e. The minimum absolute atomic E-state index is 0.0283. The van der Waals surface area contributed by atoms with Gasteiger partial charge in [-0.15, -0.1) is 0 Å². The highest BCUT2D eigenvalue weighted by molar-refractivity contribution is 7.90. The van der Waals surface area contributed by atoms with Gasteiger partial charge in [-0.3, -0.25) is 5.32 Å². The molecular formula is C18H21FN2O3S. The van der Waals surface area contributed by atoms with Gasteiger partial charge in [-0.1, -0.05) is 24.3 Å². The number of hydrogen-bond acceptors (Lipinski definition) is 5. The molecule has 1 fully saturated rings. The van der Waals surface area contributed by atoms with Crippen LogP contribution in [-0.4, -0.2) is 34.0 Å². The van der Waals surface area contributed by atoms with E-state index in [9.17, 15) is 12.8 Å². The van der Waals surface area contributed by atoms with Gasteiger partial charge in [-0.05, 0) is 35.4 Å². The summed E-state index contributed by atoms with van der Waals surface area (Å²) >= 11 is 0. The Morgan fingerprint density at radius 1 is 1.08 bits per heavy atom. The van der Waals surface area contributed by atoms with E-state index in [2.05, 4.69) is 10.6 Å². The van der Waals surface area contributed by atoms with Crippen molar-refractivity contribution in [3.63, 3.8) is 0 Å². The first kappa shape index (κ1) is 18.0. The van der Waals surface area contributed by atoms with E-state index < -0.39 is 9.84 Å². The number of sulfone groups is 1. The van der Waals surface area contributed by atoms with Gasteiger partial charge in [-0.2, -0.15) is 0 Å². The largest absolute Gasteiger partial charge is 0.357 e. The summed E-state index contributed by atoms with van der Waals surface area (Å²) in [5, 5.41) is 6.71. The van der Waals surface area contributed by atoms with E-state index in [4.69, 9.17) is 4.74 Å².